The number of esters is 1. The van der Waals surface area contributed by atoms with Crippen LogP contribution in [0.15, 0.2) is 59.0 Å². The molecule has 24 heteroatoms. The normalized spacial score (nSPS) is 14.5. The van der Waals surface area contributed by atoms with E-state index < -0.39 is 102 Å². The van der Waals surface area contributed by atoms with Crippen LogP contribution in [0.4, 0.5) is 87.8 Å². The third-order valence-corrected chi connectivity index (χ3v) is 6.97. The lowest BCUT2D eigenvalue weighted by Crippen LogP contribution is -2.74. The van der Waals surface area contributed by atoms with Gasteiger partial charge < -0.3 is 9.15 Å². The maximum Gasteiger partial charge on any atom is 0.460 e. The number of aromatic nitrogens is 1. The SMILES string of the molecule is O=C(OCCCC(F)(F)C(F)(F)C(F)(F)C(F)(F)C(F)(F)C(F)(F)C(F)(F)C(F)(F)F)c1nc(-c2ccc(C(F)(F)F)cc2)oc1-c1ccccc1. The van der Waals surface area contributed by atoms with Crippen molar-refractivity contribution in [3.8, 4) is 22.8 Å². The number of rotatable bonds is 13. The van der Waals surface area contributed by atoms with Crippen LogP contribution >= 0.6 is 0 Å². The molecule has 290 valence electrons. The quantitative estimate of drug-likeness (QED) is 0.0983. The summed E-state index contributed by atoms with van der Waals surface area (Å²) in [6.45, 7) is -1.55. The molecule has 0 saturated heterocycles. The molecule has 52 heavy (non-hydrogen) atoms. The number of ether oxygens (including phenoxy) is 1. The zero-order valence-corrected chi connectivity index (χ0v) is 24.5. The summed E-state index contributed by atoms with van der Waals surface area (Å²) in [6.07, 6.45) is -17.2. The molecule has 0 radical (unpaired) electrons. The highest BCUT2D eigenvalue weighted by atomic mass is 19.4. The zero-order chi connectivity index (χ0) is 40.1. The van der Waals surface area contributed by atoms with Crippen molar-refractivity contribution in [2.45, 2.75) is 66.7 Å². The second-order valence-corrected chi connectivity index (χ2v) is 10.5. The van der Waals surface area contributed by atoms with Crippen molar-refractivity contribution < 1.29 is 102 Å². The van der Waals surface area contributed by atoms with Crippen molar-refractivity contribution >= 4 is 5.97 Å². The first-order valence-corrected chi connectivity index (χ1v) is 13.4. The van der Waals surface area contributed by atoms with Crippen molar-refractivity contribution in [2.75, 3.05) is 6.61 Å². The number of halogens is 20. The molecule has 0 N–H and O–H groups in total. The summed E-state index contributed by atoms with van der Waals surface area (Å²) in [5, 5.41) is 0. The lowest BCUT2D eigenvalue weighted by molar-refractivity contribution is -0.461. The fourth-order valence-corrected chi connectivity index (χ4v) is 4.05. The van der Waals surface area contributed by atoms with Gasteiger partial charge in [0.05, 0.1) is 12.2 Å². The van der Waals surface area contributed by atoms with E-state index in [0.717, 1.165) is 12.1 Å². The molecule has 1 aromatic heterocycles. The second kappa shape index (κ2) is 13.3. The third-order valence-electron chi connectivity index (χ3n) is 6.97. The number of hydrogen-bond acceptors (Lipinski definition) is 4. The molecule has 1 heterocycles. The van der Waals surface area contributed by atoms with Gasteiger partial charge in [-0.1, -0.05) is 30.3 Å². The number of hydrogen-bond donors (Lipinski definition) is 0. The fraction of sp³-hybridized carbons (Fsp3) is 0.429. The minimum atomic E-state index is -8.76. The Morgan fingerprint density at radius 2 is 1.04 bits per heavy atom. The molecular formula is C28H15F20NO3. The predicted octanol–water partition coefficient (Wildman–Crippen LogP) is 11.0. The number of carbonyl (C=O) groups is 1. The second-order valence-electron chi connectivity index (χ2n) is 10.5. The van der Waals surface area contributed by atoms with Gasteiger partial charge in [0, 0.05) is 17.5 Å². The summed E-state index contributed by atoms with van der Waals surface area (Å²) in [6, 6.07) is 9.59. The Labute approximate surface area is 275 Å². The van der Waals surface area contributed by atoms with Gasteiger partial charge in [-0.15, -0.1) is 0 Å². The number of benzene rings is 2. The van der Waals surface area contributed by atoms with Crippen LogP contribution in [0.1, 0.15) is 28.9 Å². The van der Waals surface area contributed by atoms with E-state index in [9.17, 15) is 92.6 Å². The summed E-state index contributed by atoms with van der Waals surface area (Å²) >= 11 is 0. The molecule has 0 unspecified atom stereocenters. The molecule has 2 aromatic carbocycles. The molecule has 4 nitrogen and oxygen atoms in total. The lowest BCUT2D eigenvalue weighted by Gasteiger charge is -2.42. The number of carbonyl (C=O) groups excluding carboxylic acids is 1. The van der Waals surface area contributed by atoms with Crippen molar-refractivity contribution in [3.05, 3.63) is 65.9 Å². The van der Waals surface area contributed by atoms with E-state index in [-0.39, 0.29) is 11.1 Å². The van der Waals surface area contributed by atoms with Crippen LogP contribution in [-0.4, -0.2) is 65.2 Å². The summed E-state index contributed by atoms with van der Waals surface area (Å²) in [7, 11) is 0. The van der Waals surface area contributed by atoms with Crippen LogP contribution in [0.25, 0.3) is 22.8 Å². The minimum Gasteiger partial charge on any atom is -0.461 e. The molecule has 0 spiro atoms. The monoisotopic (exact) mass is 793 g/mol. The van der Waals surface area contributed by atoms with Gasteiger partial charge in [-0.2, -0.15) is 87.8 Å². The van der Waals surface area contributed by atoms with Crippen LogP contribution in [-0.2, 0) is 10.9 Å². The van der Waals surface area contributed by atoms with Gasteiger partial charge >= 0.3 is 59.8 Å². The average molecular weight is 793 g/mol. The van der Waals surface area contributed by atoms with Crippen molar-refractivity contribution in [2.24, 2.45) is 0 Å². The van der Waals surface area contributed by atoms with Crippen molar-refractivity contribution in [1.82, 2.24) is 4.98 Å². The first-order valence-electron chi connectivity index (χ1n) is 13.4. The van der Waals surface area contributed by atoms with Gasteiger partial charge in [0.15, 0.2) is 11.5 Å². The van der Waals surface area contributed by atoms with Gasteiger partial charge in [0.2, 0.25) is 5.89 Å². The first kappa shape index (κ1) is 42.1. The van der Waals surface area contributed by atoms with Crippen molar-refractivity contribution in [3.63, 3.8) is 0 Å². The van der Waals surface area contributed by atoms with Gasteiger partial charge in [-0.25, -0.2) is 9.78 Å². The molecule has 0 fully saturated rings. The molecular weight excluding hydrogens is 778 g/mol. The van der Waals surface area contributed by atoms with Gasteiger partial charge in [0.25, 0.3) is 0 Å². The Morgan fingerprint density at radius 3 is 1.50 bits per heavy atom. The van der Waals surface area contributed by atoms with E-state index >= 15 is 0 Å². The highest BCUT2D eigenvalue weighted by Gasteiger charge is 2.95. The Hall–Kier alpha value is -4.28. The maximum absolute atomic E-state index is 14.2. The predicted molar refractivity (Wildman–Crippen MR) is 133 cm³/mol. The topological polar surface area (TPSA) is 52.3 Å². The van der Waals surface area contributed by atoms with Crippen molar-refractivity contribution in [1.29, 1.82) is 0 Å². The molecule has 0 atom stereocenters. The van der Waals surface area contributed by atoms with E-state index in [1.807, 2.05) is 0 Å². The fourth-order valence-electron chi connectivity index (χ4n) is 4.05. The Morgan fingerprint density at radius 1 is 0.577 bits per heavy atom. The smallest absolute Gasteiger partial charge is 0.460 e. The molecule has 0 saturated carbocycles. The number of oxazole rings is 1. The van der Waals surface area contributed by atoms with Gasteiger partial charge in [-0.05, 0) is 30.7 Å². The Bertz CT molecular complexity index is 1710. The van der Waals surface area contributed by atoms with E-state index in [1.54, 1.807) is 0 Å². The Kier molecular flexibility index (Phi) is 10.8. The minimum absolute atomic E-state index is 0.0184. The Balaban J connectivity index is 1.83. The number of nitrogens with zero attached hydrogens (tertiary/aromatic N) is 1. The highest BCUT2D eigenvalue weighted by Crippen LogP contribution is 2.64. The molecule has 3 rings (SSSR count). The maximum atomic E-state index is 14.2. The number of alkyl halides is 20. The molecule has 0 aliphatic rings. The van der Waals surface area contributed by atoms with E-state index in [2.05, 4.69) is 9.72 Å². The summed E-state index contributed by atoms with van der Waals surface area (Å²) in [4.78, 5) is 16.4. The van der Waals surface area contributed by atoms with E-state index in [0.29, 0.717) is 12.1 Å². The van der Waals surface area contributed by atoms with Gasteiger partial charge in [-0.3, -0.25) is 0 Å². The molecule has 0 amide bonds. The molecule has 3 aromatic rings. The third kappa shape index (κ3) is 6.95. The first-order chi connectivity index (χ1) is 23.3. The molecule has 0 aliphatic carbocycles. The summed E-state index contributed by atoms with van der Waals surface area (Å²) in [5.74, 6) is -60.1. The standard InChI is InChI=1S/C28H15F20NO3/c29-20(30,22(34,35)23(36,37)24(38,39)25(40,41)26(42,43)27(44,45)28(46,47)48)11-4-12-51-19(50)16-17(13-5-2-1-3-6-13)52-18(49-16)14-7-9-15(10-8-14)21(31,32)33/h1-3,5-10H,4,11-12H2. The molecule has 0 bridgehead atoms. The molecule has 0 aliphatic heterocycles. The van der Waals surface area contributed by atoms with Crippen LogP contribution in [0, 0.1) is 0 Å². The van der Waals surface area contributed by atoms with E-state index in [4.69, 9.17) is 4.42 Å². The van der Waals surface area contributed by atoms with Crippen LogP contribution in [0.3, 0.4) is 0 Å². The largest absolute Gasteiger partial charge is 0.461 e. The van der Waals surface area contributed by atoms with E-state index in [1.165, 1.54) is 30.3 Å². The average Bonchev–Trinajstić information content (AvgIpc) is 3.48. The zero-order valence-electron chi connectivity index (χ0n) is 24.5. The van der Waals surface area contributed by atoms with Gasteiger partial charge in [0.1, 0.15) is 0 Å². The van der Waals surface area contributed by atoms with Crippen LogP contribution in [0.2, 0.25) is 0 Å². The summed E-state index contributed by atoms with van der Waals surface area (Å²) in [5.41, 5.74) is -2.15. The van der Waals surface area contributed by atoms with Crippen LogP contribution < -0.4 is 0 Å². The van der Waals surface area contributed by atoms with Crippen LogP contribution in [0.5, 0.6) is 0 Å². The highest BCUT2D eigenvalue weighted by molar-refractivity contribution is 5.94. The lowest BCUT2D eigenvalue weighted by atomic mass is 9.88. The summed E-state index contributed by atoms with van der Waals surface area (Å²) < 4.78 is 277.